The van der Waals surface area contributed by atoms with E-state index in [1.165, 1.54) is 0 Å². The quantitative estimate of drug-likeness (QED) is 0.369. The Morgan fingerprint density at radius 3 is 2.00 bits per heavy atom. The van der Waals surface area contributed by atoms with Gasteiger partial charge >= 0.3 is 86.4 Å². The van der Waals surface area contributed by atoms with Gasteiger partial charge in [-0.2, -0.15) is 0 Å². The minimum atomic E-state index is -0.701. The number of nitrogens with zero attached hydrogens (tertiary/aromatic N) is 1. The van der Waals surface area contributed by atoms with Crippen LogP contribution in [0.1, 0.15) is 0 Å². The van der Waals surface area contributed by atoms with E-state index in [4.69, 9.17) is 0 Å². The first-order valence-electron chi connectivity index (χ1n) is 0.767. The Morgan fingerprint density at radius 2 is 2.00 bits per heavy atom. The summed E-state index contributed by atoms with van der Waals surface area (Å²) in [4.78, 5) is 0. The summed E-state index contributed by atoms with van der Waals surface area (Å²) in [6.07, 6.45) is 0. The van der Waals surface area contributed by atoms with E-state index in [9.17, 15) is 0 Å². The van der Waals surface area contributed by atoms with Gasteiger partial charge in [0.05, 0.1) is 0 Å². The fourth-order valence-electron chi connectivity index (χ4n) is 0.0183. The molecule has 0 aromatic rings. The molecule has 0 saturated heterocycles. The van der Waals surface area contributed by atoms with Crippen molar-refractivity contribution in [3.05, 3.63) is 0 Å². The first-order valence-corrected chi connectivity index (χ1v) is 21.6. The van der Waals surface area contributed by atoms with E-state index in [0.717, 1.165) is 0 Å². The summed E-state index contributed by atoms with van der Waals surface area (Å²) in [5, 5.41) is 0. The molecule has 0 radical (unpaired) electrons. The van der Waals surface area contributed by atoms with E-state index < -0.39 is 12.1 Å². The van der Waals surface area contributed by atoms with Crippen LogP contribution < -0.4 is 0 Å². The zero-order chi connectivity index (χ0) is 4.99. The molecule has 0 fully saturated rings. The molecule has 6 heteroatoms. The van der Waals surface area contributed by atoms with Crippen LogP contribution in [0.5, 0.6) is 0 Å². The third kappa shape index (κ3) is 7.45. The summed E-state index contributed by atoms with van der Waals surface area (Å²) in [5.74, 6) is 0. The van der Waals surface area contributed by atoms with Crippen molar-refractivity contribution in [1.82, 2.24) is 0 Å². The molecular formula is I5N. The van der Waals surface area contributed by atoms with Gasteiger partial charge in [0, 0.05) is 0 Å². The normalized spacial score (nSPS) is 14.2. The monoisotopic (exact) mass is 649 g/mol. The SMILES string of the molecule is II=NI(I)I. The van der Waals surface area contributed by atoms with E-state index in [1.807, 2.05) is 0 Å². The van der Waals surface area contributed by atoms with Crippen LogP contribution in [0.15, 0.2) is 1.36 Å². The van der Waals surface area contributed by atoms with E-state index in [-0.39, 0.29) is 17.1 Å². The van der Waals surface area contributed by atoms with Crippen LogP contribution in [0.25, 0.3) is 0 Å². The number of rotatable bonds is 1. The van der Waals surface area contributed by atoms with Gasteiger partial charge < -0.3 is 0 Å². The van der Waals surface area contributed by atoms with Gasteiger partial charge in [-0.15, -0.1) is 0 Å². The predicted octanol–water partition coefficient (Wildman–Crippen LogP) is 4.61. The van der Waals surface area contributed by atoms with E-state index in [2.05, 4.69) is 57.2 Å². The van der Waals surface area contributed by atoms with E-state index >= 15 is 0 Å². The molecular weight excluding hydrogens is 649 g/mol. The first kappa shape index (κ1) is 9.45. The van der Waals surface area contributed by atoms with Crippen LogP contribution in [-0.4, -0.2) is 0 Å². The van der Waals surface area contributed by atoms with Gasteiger partial charge in [-0.3, -0.25) is 0 Å². The van der Waals surface area contributed by atoms with Crippen molar-refractivity contribution in [2.45, 2.75) is 0 Å². The minimum absolute atomic E-state index is 0.217. The van der Waals surface area contributed by atoms with Crippen LogP contribution >= 0.6 is 85.0 Å². The summed E-state index contributed by atoms with van der Waals surface area (Å²) in [7, 11) is 0. The van der Waals surface area contributed by atoms with Gasteiger partial charge in [-0.25, -0.2) is 0 Å². The molecule has 0 aliphatic heterocycles. The summed E-state index contributed by atoms with van der Waals surface area (Å²) in [6.45, 7) is 0. The van der Waals surface area contributed by atoms with Crippen molar-refractivity contribution in [2.24, 2.45) is 1.36 Å². The van der Waals surface area contributed by atoms with E-state index in [1.54, 1.807) is 0 Å². The van der Waals surface area contributed by atoms with Crippen LogP contribution in [0.4, 0.5) is 0 Å². The van der Waals surface area contributed by atoms with Gasteiger partial charge in [0.1, 0.15) is 0 Å². The molecule has 0 aromatic heterocycles. The molecule has 0 amide bonds. The second-order valence-electron chi connectivity index (χ2n) is 0.310. The van der Waals surface area contributed by atoms with E-state index in [0.29, 0.717) is 0 Å². The average Bonchev–Trinajstić information content (AvgIpc) is 1.35. The molecule has 0 unspecified atom stereocenters. The number of hydrogen-bond donors (Lipinski definition) is 0. The van der Waals surface area contributed by atoms with Crippen molar-refractivity contribution in [3.8, 4) is 0 Å². The molecule has 0 aliphatic rings. The predicted molar refractivity (Wildman–Crippen MR) is 72.5 cm³/mol. The van der Waals surface area contributed by atoms with Crippen molar-refractivity contribution in [3.63, 3.8) is 0 Å². The summed E-state index contributed by atoms with van der Waals surface area (Å²) in [6, 6.07) is 0. The van der Waals surface area contributed by atoms with Crippen molar-refractivity contribution < 1.29 is 0 Å². The van der Waals surface area contributed by atoms with Gasteiger partial charge in [0.2, 0.25) is 0 Å². The van der Waals surface area contributed by atoms with Gasteiger partial charge in [0.25, 0.3) is 0 Å². The Morgan fingerprint density at radius 1 is 1.50 bits per heavy atom. The van der Waals surface area contributed by atoms with Gasteiger partial charge in [0.15, 0.2) is 0 Å². The first-order chi connectivity index (χ1) is 2.77. The third-order valence-electron chi connectivity index (χ3n) is 0.0724. The van der Waals surface area contributed by atoms with Gasteiger partial charge in [-0.1, -0.05) is 0 Å². The van der Waals surface area contributed by atoms with Crippen molar-refractivity contribution in [1.29, 1.82) is 0 Å². The summed E-state index contributed by atoms with van der Waals surface area (Å²) >= 11 is 6.78. The van der Waals surface area contributed by atoms with Crippen molar-refractivity contribution >= 4 is 85.0 Å². The molecule has 0 N–H and O–H groups in total. The second-order valence-corrected chi connectivity index (χ2v) is 27.8. The molecule has 1 nitrogen and oxygen atoms in total. The molecule has 40 valence electrons. The molecule has 6 heavy (non-hydrogen) atoms. The van der Waals surface area contributed by atoms with Crippen LogP contribution in [0, 0.1) is 0 Å². The maximum absolute atomic E-state index is 4.35. The second kappa shape index (κ2) is 6.57. The zero-order valence-corrected chi connectivity index (χ0v) is 13.1. The Hall–Kier alpha value is 3.45. The standard InChI is InChI=1S/I5N/c1-4-6-5(2)3. The van der Waals surface area contributed by atoms with Crippen molar-refractivity contribution in [2.75, 3.05) is 0 Å². The molecule has 0 bridgehead atoms. The van der Waals surface area contributed by atoms with Gasteiger partial charge in [-0.05, 0) is 0 Å². The molecule has 0 spiro atoms. The summed E-state index contributed by atoms with van der Waals surface area (Å²) < 4.78 is 4.35. The Labute approximate surface area is 83.6 Å². The third-order valence-corrected chi connectivity index (χ3v) is 21.9. The van der Waals surface area contributed by atoms with Crippen LogP contribution in [0.3, 0.4) is 0 Å². The maximum atomic E-state index is 4.35. The molecule has 0 aromatic carbocycles. The summed E-state index contributed by atoms with van der Waals surface area (Å²) in [5.41, 5.74) is 0. The fourth-order valence-corrected chi connectivity index (χ4v) is 37.0. The number of hydrogen-bond acceptors (Lipinski definition) is 1. The molecule has 0 aliphatic carbocycles. The fraction of sp³-hybridized carbons (Fsp3) is 0. The average molecular weight is 649 g/mol. The topological polar surface area (TPSA) is 12.4 Å². The Bertz CT molecular complexity index is 45.9. The van der Waals surface area contributed by atoms with Crippen LogP contribution in [0.2, 0.25) is 0 Å². The Kier molecular flexibility index (Phi) is 10.3. The molecule has 0 rings (SSSR count). The molecule has 0 atom stereocenters. The molecule has 0 heterocycles. The molecule has 0 saturated carbocycles. The number of halogens is 5. The zero-order valence-electron chi connectivity index (χ0n) is 2.34. The Balaban J connectivity index is 3.03. The van der Waals surface area contributed by atoms with Crippen LogP contribution in [-0.2, 0) is 0 Å².